The molecule has 0 spiro atoms. The molecule has 0 aliphatic carbocycles. The van der Waals surface area contributed by atoms with Gasteiger partial charge in [-0.15, -0.1) is 0 Å². The average molecular weight is 241 g/mol. The Kier molecular flexibility index (Phi) is 2.48. The first kappa shape index (κ1) is 10.8. The van der Waals surface area contributed by atoms with Crippen molar-refractivity contribution in [3.8, 4) is 5.75 Å². The van der Waals surface area contributed by atoms with Gasteiger partial charge in [0.1, 0.15) is 5.75 Å². The van der Waals surface area contributed by atoms with E-state index in [4.69, 9.17) is 9.47 Å². The number of methoxy groups -OCH3 is 1. The molecule has 1 unspecified atom stereocenters. The van der Waals surface area contributed by atoms with Crippen molar-refractivity contribution in [1.29, 1.82) is 0 Å². The monoisotopic (exact) mass is 241 g/mol. The predicted octanol–water partition coefficient (Wildman–Crippen LogP) is 2.35. The van der Waals surface area contributed by atoms with Gasteiger partial charge >= 0.3 is 5.97 Å². The summed E-state index contributed by atoms with van der Waals surface area (Å²) in [6, 6.07) is 9.01. The summed E-state index contributed by atoms with van der Waals surface area (Å²) in [4.78, 5) is 15.7. The van der Waals surface area contributed by atoms with Gasteiger partial charge in [0, 0.05) is 23.5 Å². The van der Waals surface area contributed by atoms with E-state index < -0.39 is 0 Å². The highest BCUT2D eigenvalue weighted by molar-refractivity contribution is 5.94. The van der Waals surface area contributed by atoms with Crippen LogP contribution in [0.4, 0.5) is 0 Å². The summed E-state index contributed by atoms with van der Waals surface area (Å²) in [5.74, 6) is 0.417. The zero-order chi connectivity index (χ0) is 12.5. The van der Waals surface area contributed by atoms with Gasteiger partial charge in [-0.25, -0.2) is 4.79 Å². The van der Waals surface area contributed by atoms with Gasteiger partial charge in [0.05, 0.1) is 12.7 Å². The summed E-state index contributed by atoms with van der Waals surface area (Å²) >= 11 is 0. The Balaban J connectivity index is 2.10. The summed E-state index contributed by atoms with van der Waals surface area (Å²) in [5.41, 5.74) is 2.34. The van der Waals surface area contributed by atoms with Gasteiger partial charge in [-0.2, -0.15) is 0 Å². The fourth-order valence-electron chi connectivity index (χ4n) is 2.09. The van der Waals surface area contributed by atoms with E-state index in [1.165, 1.54) is 0 Å². The quantitative estimate of drug-likeness (QED) is 0.757. The lowest BCUT2D eigenvalue weighted by molar-refractivity contribution is 0.0455. The van der Waals surface area contributed by atoms with Crippen molar-refractivity contribution in [3.63, 3.8) is 0 Å². The van der Waals surface area contributed by atoms with Crippen LogP contribution in [0.15, 0.2) is 42.7 Å². The largest absolute Gasteiger partial charge is 0.497 e. The Morgan fingerprint density at radius 1 is 1.22 bits per heavy atom. The molecule has 1 aromatic heterocycles. The first-order valence-corrected chi connectivity index (χ1v) is 5.58. The second kappa shape index (κ2) is 4.14. The number of hydrogen-bond donors (Lipinski definition) is 0. The fraction of sp³-hybridized carbons (Fsp3) is 0.143. The molecule has 1 aliphatic rings. The van der Waals surface area contributed by atoms with Crippen molar-refractivity contribution in [1.82, 2.24) is 4.98 Å². The van der Waals surface area contributed by atoms with E-state index in [1.807, 2.05) is 18.2 Å². The zero-order valence-electron chi connectivity index (χ0n) is 9.79. The van der Waals surface area contributed by atoms with E-state index in [9.17, 15) is 4.79 Å². The summed E-state index contributed by atoms with van der Waals surface area (Å²) in [6.07, 6.45) is 2.99. The number of aromatic nitrogens is 1. The molecule has 1 aliphatic heterocycles. The molecule has 0 N–H and O–H groups in total. The Hall–Kier alpha value is -2.36. The number of benzene rings is 1. The second-order valence-corrected chi connectivity index (χ2v) is 4.02. The maximum absolute atomic E-state index is 11.8. The van der Waals surface area contributed by atoms with Crippen LogP contribution < -0.4 is 4.74 Å². The molecule has 0 bridgehead atoms. The average Bonchev–Trinajstić information content (AvgIpc) is 2.76. The van der Waals surface area contributed by atoms with Gasteiger partial charge < -0.3 is 9.47 Å². The number of ether oxygens (including phenoxy) is 2. The smallest absolute Gasteiger partial charge is 0.339 e. The number of hydrogen-bond acceptors (Lipinski definition) is 4. The van der Waals surface area contributed by atoms with Crippen molar-refractivity contribution in [2.24, 2.45) is 0 Å². The minimum Gasteiger partial charge on any atom is -0.497 e. The van der Waals surface area contributed by atoms with Crippen molar-refractivity contribution >= 4 is 5.97 Å². The maximum Gasteiger partial charge on any atom is 0.339 e. The molecular formula is C14H11NO3. The highest BCUT2D eigenvalue weighted by Gasteiger charge is 2.32. The SMILES string of the molecule is COc1ccc2c(c1)C(c1ccncc1)OC2=O. The van der Waals surface area contributed by atoms with Gasteiger partial charge in [0.15, 0.2) is 6.10 Å². The number of fused-ring (bicyclic) bond motifs is 1. The van der Waals surface area contributed by atoms with Crippen LogP contribution in [0.2, 0.25) is 0 Å². The second-order valence-electron chi connectivity index (χ2n) is 4.02. The highest BCUT2D eigenvalue weighted by Crippen LogP contribution is 2.37. The molecule has 3 rings (SSSR count). The minimum absolute atomic E-state index is 0.297. The molecule has 0 saturated carbocycles. The number of carbonyl (C=O) groups excluding carboxylic acids is 1. The lowest BCUT2D eigenvalue weighted by Crippen LogP contribution is -2.00. The number of carbonyl (C=O) groups is 1. The normalized spacial score (nSPS) is 17.2. The van der Waals surface area contributed by atoms with E-state index in [0.29, 0.717) is 11.3 Å². The van der Waals surface area contributed by atoms with Gasteiger partial charge in [-0.1, -0.05) is 0 Å². The van der Waals surface area contributed by atoms with E-state index in [-0.39, 0.29) is 12.1 Å². The lowest BCUT2D eigenvalue weighted by atomic mass is 10.00. The molecule has 0 amide bonds. The summed E-state index contributed by atoms with van der Waals surface area (Å²) < 4.78 is 10.6. The lowest BCUT2D eigenvalue weighted by Gasteiger charge is -2.11. The van der Waals surface area contributed by atoms with Crippen LogP contribution in [0.25, 0.3) is 0 Å². The highest BCUT2D eigenvalue weighted by atomic mass is 16.5. The number of esters is 1. The molecule has 90 valence electrons. The van der Waals surface area contributed by atoms with Crippen LogP contribution in [0.5, 0.6) is 5.75 Å². The fourth-order valence-corrected chi connectivity index (χ4v) is 2.09. The van der Waals surface area contributed by atoms with Gasteiger partial charge in [0.25, 0.3) is 0 Å². The molecular weight excluding hydrogens is 230 g/mol. The molecule has 0 saturated heterocycles. The van der Waals surface area contributed by atoms with Gasteiger partial charge in [0.2, 0.25) is 0 Å². The van der Waals surface area contributed by atoms with Crippen LogP contribution in [-0.2, 0) is 4.74 Å². The van der Waals surface area contributed by atoms with Crippen LogP contribution >= 0.6 is 0 Å². The molecule has 2 heterocycles. The van der Waals surface area contributed by atoms with Crippen LogP contribution in [0, 0.1) is 0 Å². The number of pyridine rings is 1. The molecule has 1 aromatic carbocycles. The van der Waals surface area contributed by atoms with E-state index >= 15 is 0 Å². The van der Waals surface area contributed by atoms with Crippen LogP contribution in [-0.4, -0.2) is 18.1 Å². The van der Waals surface area contributed by atoms with Crippen molar-refractivity contribution in [2.45, 2.75) is 6.10 Å². The molecule has 4 nitrogen and oxygen atoms in total. The Bertz CT molecular complexity index is 595. The van der Waals surface area contributed by atoms with Crippen LogP contribution in [0.3, 0.4) is 0 Å². The number of rotatable bonds is 2. The number of cyclic esters (lactones) is 1. The van der Waals surface area contributed by atoms with Gasteiger partial charge in [-0.3, -0.25) is 4.98 Å². The zero-order valence-corrected chi connectivity index (χ0v) is 9.79. The molecule has 1 atom stereocenters. The third-order valence-corrected chi connectivity index (χ3v) is 2.99. The number of nitrogens with zero attached hydrogens (tertiary/aromatic N) is 1. The van der Waals surface area contributed by atoms with E-state index in [1.54, 1.807) is 31.6 Å². The van der Waals surface area contributed by atoms with Gasteiger partial charge in [-0.05, 0) is 30.3 Å². The minimum atomic E-state index is -0.370. The Morgan fingerprint density at radius 2 is 2.00 bits per heavy atom. The van der Waals surface area contributed by atoms with Crippen molar-refractivity contribution in [2.75, 3.05) is 7.11 Å². The Labute approximate surface area is 104 Å². The van der Waals surface area contributed by atoms with E-state index in [0.717, 1.165) is 11.1 Å². The third-order valence-electron chi connectivity index (χ3n) is 2.99. The van der Waals surface area contributed by atoms with Crippen molar-refractivity contribution in [3.05, 3.63) is 59.4 Å². The predicted molar refractivity (Wildman–Crippen MR) is 64.5 cm³/mol. The standard InChI is InChI=1S/C14H11NO3/c1-17-10-2-3-11-12(8-10)13(18-14(11)16)9-4-6-15-7-5-9/h2-8,13H,1H3. The molecule has 0 fully saturated rings. The maximum atomic E-state index is 11.8. The summed E-state index contributed by atoms with van der Waals surface area (Å²) in [6.45, 7) is 0. The molecule has 18 heavy (non-hydrogen) atoms. The molecule has 4 heteroatoms. The first-order valence-electron chi connectivity index (χ1n) is 5.58. The topological polar surface area (TPSA) is 48.4 Å². The third kappa shape index (κ3) is 1.62. The van der Waals surface area contributed by atoms with E-state index in [2.05, 4.69) is 4.98 Å². The molecule has 2 aromatic rings. The Morgan fingerprint density at radius 3 is 2.72 bits per heavy atom. The summed E-state index contributed by atoms with van der Waals surface area (Å²) in [5, 5.41) is 0. The first-order chi connectivity index (χ1) is 8.79. The van der Waals surface area contributed by atoms with Crippen LogP contribution in [0.1, 0.15) is 27.6 Å². The van der Waals surface area contributed by atoms with Crippen molar-refractivity contribution < 1.29 is 14.3 Å². The molecule has 0 radical (unpaired) electrons. The summed E-state index contributed by atoms with van der Waals surface area (Å²) in [7, 11) is 1.60.